The standard InChI is InChI=1S/C19H15ClN2O2S/c1-10-6-14-15(7-11(10)2)22-18(23)17(25-19(22)21-14)9-12-4-5-16(24-3)13(20)8-12/h4-9H,1-3H3/b17-9+. The van der Waals surface area contributed by atoms with Crippen molar-refractivity contribution in [2.45, 2.75) is 13.8 Å². The first kappa shape index (κ1) is 16.1. The van der Waals surface area contributed by atoms with Crippen LogP contribution >= 0.6 is 22.9 Å². The minimum absolute atomic E-state index is 0.0577. The lowest BCUT2D eigenvalue weighted by Crippen LogP contribution is -2.22. The fourth-order valence-corrected chi connectivity index (χ4v) is 4.10. The van der Waals surface area contributed by atoms with Crippen LogP contribution in [0.25, 0.3) is 22.1 Å². The van der Waals surface area contributed by atoms with Gasteiger partial charge in [-0.15, -0.1) is 0 Å². The van der Waals surface area contributed by atoms with E-state index in [1.807, 2.05) is 38.1 Å². The fourth-order valence-electron chi connectivity index (χ4n) is 2.84. The molecule has 4 aromatic rings. The molecule has 0 radical (unpaired) electrons. The van der Waals surface area contributed by atoms with Crippen molar-refractivity contribution in [1.82, 2.24) is 9.38 Å². The molecule has 2 heterocycles. The smallest absolute Gasteiger partial charge is 0.274 e. The number of fused-ring (bicyclic) bond motifs is 3. The zero-order valence-electron chi connectivity index (χ0n) is 14.0. The summed E-state index contributed by atoms with van der Waals surface area (Å²) in [5.41, 5.74) is 4.82. The van der Waals surface area contributed by atoms with Gasteiger partial charge < -0.3 is 4.74 Å². The van der Waals surface area contributed by atoms with Crippen LogP contribution in [0.3, 0.4) is 0 Å². The van der Waals surface area contributed by atoms with Crippen molar-refractivity contribution in [3.8, 4) is 5.75 Å². The number of nitrogens with zero attached hydrogens (tertiary/aromatic N) is 2. The Morgan fingerprint density at radius 1 is 1.20 bits per heavy atom. The number of halogens is 1. The summed E-state index contributed by atoms with van der Waals surface area (Å²) in [6, 6.07) is 9.49. The van der Waals surface area contributed by atoms with E-state index in [2.05, 4.69) is 4.98 Å². The van der Waals surface area contributed by atoms with Crippen LogP contribution < -0.4 is 14.8 Å². The van der Waals surface area contributed by atoms with Crippen LogP contribution in [0.5, 0.6) is 5.75 Å². The van der Waals surface area contributed by atoms with E-state index in [0.29, 0.717) is 20.3 Å². The lowest BCUT2D eigenvalue weighted by molar-refractivity contribution is 0.415. The van der Waals surface area contributed by atoms with Gasteiger partial charge >= 0.3 is 0 Å². The largest absolute Gasteiger partial charge is 0.495 e. The number of aryl methyl sites for hydroxylation is 2. The number of methoxy groups -OCH3 is 1. The zero-order valence-corrected chi connectivity index (χ0v) is 15.5. The molecule has 0 amide bonds. The molecule has 0 spiro atoms. The quantitative estimate of drug-likeness (QED) is 0.540. The van der Waals surface area contributed by atoms with Gasteiger partial charge in [0.25, 0.3) is 5.56 Å². The third kappa shape index (κ3) is 2.60. The minimum Gasteiger partial charge on any atom is -0.495 e. The molecule has 0 saturated carbocycles. The minimum atomic E-state index is -0.0577. The van der Waals surface area contributed by atoms with Gasteiger partial charge in [0.05, 0.1) is 27.7 Å². The predicted octanol–water partition coefficient (Wildman–Crippen LogP) is 3.74. The Kier molecular flexibility index (Phi) is 3.78. The van der Waals surface area contributed by atoms with E-state index in [0.717, 1.165) is 22.2 Å². The van der Waals surface area contributed by atoms with Crippen molar-refractivity contribution >= 4 is 45.0 Å². The Balaban J connectivity index is 1.94. The van der Waals surface area contributed by atoms with Gasteiger partial charge in [-0.2, -0.15) is 0 Å². The molecule has 0 fully saturated rings. The highest BCUT2D eigenvalue weighted by molar-refractivity contribution is 7.15. The predicted molar refractivity (Wildman–Crippen MR) is 103 cm³/mol. The molecule has 4 nitrogen and oxygen atoms in total. The van der Waals surface area contributed by atoms with Gasteiger partial charge in [-0.05, 0) is 60.9 Å². The number of hydrogen-bond acceptors (Lipinski definition) is 4. The van der Waals surface area contributed by atoms with Gasteiger partial charge in [-0.25, -0.2) is 9.38 Å². The van der Waals surface area contributed by atoms with Gasteiger partial charge in [0.1, 0.15) is 5.75 Å². The summed E-state index contributed by atoms with van der Waals surface area (Å²) in [7, 11) is 1.57. The number of hydrogen-bond donors (Lipinski definition) is 0. The molecule has 6 heteroatoms. The molecule has 2 aromatic carbocycles. The normalized spacial score (nSPS) is 12.4. The average Bonchev–Trinajstić information content (AvgIpc) is 3.05. The summed E-state index contributed by atoms with van der Waals surface area (Å²) in [5.74, 6) is 0.610. The molecule has 0 bridgehead atoms. The second-order valence-electron chi connectivity index (χ2n) is 5.96. The Bertz CT molecular complexity index is 1240. The highest BCUT2D eigenvalue weighted by Gasteiger charge is 2.12. The Morgan fingerprint density at radius 2 is 1.96 bits per heavy atom. The van der Waals surface area contributed by atoms with Crippen LogP contribution in [0, 0.1) is 13.8 Å². The van der Waals surface area contributed by atoms with E-state index < -0.39 is 0 Å². The maximum absolute atomic E-state index is 12.9. The SMILES string of the molecule is COc1ccc(/C=c2/sc3nc4cc(C)c(C)cc4n3c2=O)cc1Cl. The maximum Gasteiger partial charge on any atom is 0.274 e. The molecule has 126 valence electrons. The van der Waals surface area contributed by atoms with Crippen molar-refractivity contribution in [1.29, 1.82) is 0 Å². The molecule has 0 unspecified atom stereocenters. The van der Waals surface area contributed by atoms with Crippen LogP contribution in [0.4, 0.5) is 0 Å². The molecular formula is C19H15ClN2O2S. The van der Waals surface area contributed by atoms with Gasteiger partial charge in [-0.1, -0.05) is 29.0 Å². The third-order valence-electron chi connectivity index (χ3n) is 4.33. The van der Waals surface area contributed by atoms with Crippen LogP contribution in [0.15, 0.2) is 35.1 Å². The third-order valence-corrected chi connectivity index (χ3v) is 5.59. The number of benzene rings is 2. The summed E-state index contributed by atoms with van der Waals surface area (Å²) < 4.78 is 7.47. The van der Waals surface area contributed by atoms with Crippen molar-refractivity contribution in [2.75, 3.05) is 7.11 Å². The second kappa shape index (κ2) is 5.86. The fraction of sp³-hybridized carbons (Fsp3) is 0.158. The molecule has 2 aromatic heterocycles. The maximum atomic E-state index is 12.9. The number of imidazole rings is 1. The van der Waals surface area contributed by atoms with E-state index in [1.54, 1.807) is 23.6 Å². The number of ether oxygens (including phenoxy) is 1. The molecule has 0 aliphatic heterocycles. The summed E-state index contributed by atoms with van der Waals surface area (Å²) in [4.78, 5) is 18.2. The molecule has 0 aliphatic carbocycles. The Labute approximate surface area is 152 Å². The van der Waals surface area contributed by atoms with Gasteiger partial charge in [0.15, 0.2) is 4.96 Å². The van der Waals surface area contributed by atoms with E-state index in [4.69, 9.17) is 16.3 Å². The first-order valence-electron chi connectivity index (χ1n) is 7.75. The Hall–Kier alpha value is -2.37. The van der Waals surface area contributed by atoms with E-state index in [1.165, 1.54) is 16.9 Å². The van der Waals surface area contributed by atoms with Gasteiger partial charge in [0.2, 0.25) is 0 Å². The molecule has 0 saturated heterocycles. The van der Waals surface area contributed by atoms with Crippen LogP contribution in [0.2, 0.25) is 5.02 Å². The summed E-state index contributed by atoms with van der Waals surface area (Å²) in [5, 5.41) is 0.515. The lowest BCUT2D eigenvalue weighted by atomic mass is 10.1. The summed E-state index contributed by atoms with van der Waals surface area (Å²) >= 11 is 7.55. The first-order chi connectivity index (χ1) is 12.0. The molecule has 4 rings (SSSR count). The molecule has 25 heavy (non-hydrogen) atoms. The van der Waals surface area contributed by atoms with Crippen LogP contribution in [-0.2, 0) is 0 Å². The summed E-state index contributed by atoms with van der Waals surface area (Å²) in [6.07, 6.45) is 1.83. The van der Waals surface area contributed by atoms with Gasteiger partial charge in [-0.3, -0.25) is 4.79 Å². The van der Waals surface area contributed by atoms with E-state index >= 15 is 0 Å². The highest BCUT2D eigenvalue weighted by Crippen LogP contribution is 2.25. The molecule has 0 aliphatic rings. The topological polar surface area (TPSA) is 43.6 Å². The first-order valence-corrected chi connectivity index (χ1v) is 8.95. The highest BCUT2D eigenvalue weighted by atomic mass is 35.5. The second-order valence-corrected chi connectivity index (χ2v) is 7.38. The van der Waals surface area contributed by atoms with Crippen LogP contribution in [-0.4, -0.2) is 16.5 Å². The Morgan fingerprint density at radius 3 is 2.68 bits per heavy atom. The van der Waals surface area contributed by atoms with Crippen LogP contribution in [0.1, 0.15) is 16.7 Å². The zero-order chi connectivity index (χ0) is 17.7. The van der Waals surface area contributed by atoms with Crippen molar-refractivity contribution < 1.29 is 4.74 Å². The molecule has 0 N–H and O–H groups in total. The lowest BCUT2D eigenvalue weighted by Gasteiger charge is -2.02. The monoisotopic (exact) mass is 370 g/mol. The average molecular weight is 371 g/mol. The van der Waals surface area contributed by atoms with E-state index in [-0.39, 0.29) is 5.56 Å². The van der Waals surface area contributed by atoms with Gasteiger partial charge in [0, 0.05) is 0 Å². The number of thiazole rings is 1. The molecule has 0 atom stereocenters. The summed E-state index contributed by atoms with van der Waals surface area (Å²) in [6.45, 7) is 4.09. The number of rotatable bonds is 2. The van der Waals surface area contributed by atoms with Crippen molar-refractivity contribution in [3.63, 3.8) is 0 Å². The van der Waals surface area contributed by atoms with Crippen molar-refractivity contribution in [3.05, 3.63) is 66.9 Å². The van der Waals surface area contributed by atoms with Crippen molar-refractivity contribution in [2.24, 2.45) is 0 Å². The van der Waals surface area contributed by atoms with E-state index in [9.17, 15) is 4.79 Å². The molecular weight excluding hydrogens is 356 g/mol. The number of aromatic nitrogens is 2.